The molecule has 1 N–H and O–H groups in total. The number of hydrogen-bond donors (Lipinski definition) is 1. The Morgan fingerprint density at radius 1 is 0.875 bits per heavy atom. The average molecular weight is 565 g/mol. The standard InChI is InChI=1S/C33H44N2O4S/c1-4-32(27-15-21-31(39-2)22-16-27)33(36,28-13-9-8-10-14-28)29-17-19-30(20-18-29)35(40(3,37)38)26-25-34-23-11-6-5-7-12-24-34/h8-10,13-22,32,36H,4-7,11-12,23-26H2,1-3H3. The third-order valence-electron chi connectivity index (χ3n) is 8.21. The minimum absolute atomic E-state index is 0.232. The molecule has 0 spiro atoms. The van der Waals surface area contributed by atoms with Gasteiger partial charge in [-0.15, -0.1) is 0 Å². The first-order valence-corrected chi connectivity index (χ1v) is 16.3. The van der Waals surface area contributed by atoms with Gasteiger partial charge in [-0.2, -0.15) is 0 Å². The second kappa shape index (κ2) is 13.7. The summed E-state index contributed by atoms with van der Waals surface area (Å²) >= 11 is 0. The van der Waals surface area contributed by atoms with Crippen LogP contribution in [0.1, 0.15) is 68.1 Å². The number of anilines is 1. The average Bonchev–Trinajstić information content (AvgIpc) is 2.95. The molecule has 2 unspecified atom stereocenters. The Hall–Kier alpha value is -2.87. The van der Waals surface area contributed by atoms with Crippen LogP contribution in [0.4, 0.5) is 5.69 Å². The molecule has 1 aliphatic rings. The van der Waals surface area contributed by atoms with E-state index in [1.807, 2.05) is 78.9 Å². The van der Waals surface area contributed by atoms with E-state index in [1.54, 1.807) is 7.11 Å². The smallest absolute Gasteiger partial charge is 0.232 e. The van der Waals surface area contributed by atoms with Crippen molar-refractivity contribution < 1.29 is 18.3 Å². The fraction of sp³-hybridized carbons (Fsp3) is 0.455. The fourth-order valence-electron chi connectivity index (χ4n) is 6.01. The Balaban J connectivity index is 1.66. The molecule has 1 heterocycles. The third kappa shape index (κ3) is 7.06. The van der Waals surface area contributed by atoms with Gasteiger partial charge in [0.1, 0.15) is 11.4 Å². The van der Waals surface area contributed by atoms with Gasteiger partial charge >= 0.3 is 0 Å². The maximum atomic E-state index is 12.9. The molecule has 3 aromatic rings. The highest BCUT2D eigenvalue weighted by Gasteiger charge is 2.40. The third-order valence-corrected chi connectivity index (χ3v) is 9.40. The molecule has 0 amide bonds. The van der Waals surface area contributed by atoms with Crippen molar-refractivity contribution in [2.75, 3.05) is 43.8 Å². The number of methoxy groups -OCH3 is 1. The monoisotopic (exact) mass is 564 g/mol. The minimum atomic E-state index is -3.47. The second-order valence-electron chi connectivity index (χ2n) is 10.9. The quantitative estimate of drug-likeness (QED) is 0.302. The van der Waals surface area contributed by atoms with E-state index in [-0.39, 0.29) is 5.92 Å². The van der Waals surface area contributed by atoms with Crippen molar-refractivity contribution >= 4 is 15.7 Å². The molecule has 3 aromatic carbocycles. The molecule has 6 nitrogen and oxygen atoms in total. The van der Waals surface area contributed by atoms with Gasteiger partial charge in [0.15, 0.2) is 0 Å². The molecular weight excluding hydrogens is 520 g/mol. The first kappa shape index (κ1) is 30.1. The summed E-state index contributed by atoms with van der Waals surface area (Å²) in [6.45, 7) is 5.23. The molecule has 0 bridgehead atoms. The van der Waals surface area contributed by atoms with Crippen LogP contribution in [0, 0.1) is 0 Å². The summed E-state index contributed by atoms with van der Waals surface area (Å²) in [5, 5.41) is 12.5. The molecule has 216 valence electrons. The van der Waals surface area contributed by atoms with Gasteiger partial charge in [-0.05, 0) is 73.3 Å². The van der Waals surface area contributed by atoms with Gasteiger partial charge in [0.2, 0.25) is 10.0 Å². The van der Waals surface area contributed by atoms with Crippen molar-refractivity contribution in [2.24, 2.45) is 0 Å². The Morgan fingerprint density at radius 2 is 1.45 bits per heavy atom. The molecule has 1 saturated heterocycles. The highest BCUT2D eigenvalue weighted by Crippen LogP contribution is 2.45. The Bertz CT molecular complexity index is 1290. The second-order valence-corrected chi connectivity index (χ2v) is 12.8. The van der Waals surface area contributed by atoms with Gasteiger partial charge < -0.3 is 14.7 Å². The van der Waals surface area contributed by atoms with Crippen LogP contribution in [0.2, 0.25) is 0 Å². The summed E-state index contributed by atoms with van der Waals surface area (Å²) in [5.74, 6) is 0.535. The summed E-state index contributed by atoms with van der Waals surface area (Å²) in [6.07, 6.45) is 8.08. The summed E-state index contributed by atoms with van der Waals surface area (Å²) in [5.41, 5.74) is 1.82. The molecule has 0 aliphatic carbocycles. The molecule has 0 saturated carbocycles. The number of sulfonamides is 1. The zero-order valence-corrected chi connectivity index (χ0v) is 24.9. The van der Waals surface area contributed by atoms with Crippen molar-refractivity contribution in [3.05, 3.63) is 95.6 Å². The van der Waals surface area contributed by atoms with Crippen LogP contribution < -0.4 is 9.04 Å². The number of likely N-dealkylation sites (tertiary alicyclic amines) is 1. The summed E-state index contributed by atoms with van der Waals surface area (Å²) in [6, 6.07) is 25.0. The van der Waals surface area contributed by atoms with Gasteiger partial charge in [-0.25, -0.2) is 8.42 Å². The van der Waals surface area contributed by atoms with Crippen molar-refractivity contribution in [2.45, 2.75) is 57.0 Å². The highest BCUT2D eigenvalue weighted by atomic mass is 32.2. The van der Waals surface area contributed by atoms with E-state index in [2.05, 4.69) is 11.8 Å². The predicted molar refractivity (Wildman–Crippen MR) is 164 cm³/mol. The lowest BCUT2D eigenvalue weighted by atomic mass is 9.72. The zero-order valence-electron chi connectivity index (χ0n) is 24.1. The first-order chi connectivity index (χ1) is 19.3. The zero-order chi connectivity index (χ0) is 28.6. The van der Waals surface area contributed by atoms with Gasteiger partial charge in [0.05, 0.1) is 19.1 Å². The van der Waals surface area contributed by atoms with E-state index in [0.717, 1.165) is 35.5 Å². The van der Waals surface area contributed by atoms with E-state index in [9.17, 15) is 13.5 Å². The van der Waals surface area contributed by atoms with Gasteiger partial charge in [-0.3, -0.25) is 4.31 Å². The van der Waals surface area contributed by atoms with Crippen molar-refractivity contribution in [1.82, 2.24) is 4.90 Å². The molecular formula is C33H44N2O4S. The van der Waals surface area contributed by atoms with E-state index in [4.69, 9.17) is 4.74 Å². The van der Waals surface area contributed by atoms with Crippen LogP contribution in [-0.4, -0.2) is 58.0 Å². The maximum absolute atomic E-state index is 12.9. The molecule has 7 heteroatoms. The maximum Gasteiger partial charge on any atom is 0.232 e. The van der Waals surface area contributed by atoms with Crippen LogP contribution in [0.5, 0.6) is 5.75 Å². The van der Waals surface area contributed by atoms with Gasteiger partial charge in [0.25, 0.3) is 0 Å². The van der Waals surface area contributed by atoms with Crippen molar-refractivity contribution in [3.63, 3.8) is 0 Å². The van der Waals surface area contributed by atoms with E-state index >= 15 is 0 Å². The lowest BCUT2D eigenvalue weighted by Crippen LogP contribution is -2.39. The van der Waals surface area contributed by atoms with E-state index in [1.165, 1.54) is 42.7 Å². The molecule has 4 rings (SSSR count). The number of benzene rings is 3. The van der Waals surface area contributed by atoms with Gasteiger partial charge in [0, 0.05) is 19.0 Å². The Morgan fingerprint density at radius 3 is 2.00 bits per heavy atom. The van der Waals surface area contributed by atoms with Crippen LogP contribution in [0.15, 0.2) is 78.9 Å². The van der Waals surface area contributed by atoms with E-state index in [0.29, 0.717) is 25.2 Å². The number of aliphatic hydroxyl groups is 1. The highest BCUT2D eigenvalue weighted by molar-refractivity contribution is 7.92. The molecule has 1 aliphatic heterocycles. The van der Waals surface area contributed by atoms with Crippen LogP contribution in [0.3, 0.4) is 0 Å². The topological polar surface area (TPSA) is 70.1 Å². The first-order valence-electron chi connectivity index (χ1n) is 14.5. The lowest BCUT2D eigenvalue weighted by Gasteiger charge is -2.38. The van der Waals surface area contributed by atoms with Crippen LogP contribution >= 0.6 is 0 Å². The normalized spacial score (nSPS) is 17.3. The van der Waals surface area contributed by atoms with Crippen LogP contribution in [0.25, 0.3) is 0 Å². The fourth-order valence-corrected chi connectivity index (χ4v) is 6.92. The molecule has 0 aromatic heterocycles. The number of rotatable bonds is 11. The predicted octanol–water partition coefficient (Wildman–Crippen LogP) is 6.16. The van der Waals surface area contributed by atoms with Crippen LogP contribution in [-0.2, 0) is 15.6 Å². The summed E-state index contributed by atoms with van der Waals surface area (Å²) in [7, 11) is -1.83. The number of hydrogen-bond acceptors (Lipinski definition) is 5. The Kier molecular flexibility index (Phi) is 10.3. The molecule has 40 heavy (non-hydrogen) atoms. The molecule has 1 fully saturated rings. The number of nitrogens with zero attached hydrogens (tertiary/aromatic N) is 2. The minimum Gasteiger partial charge on any atom is -0.497 e. The lowest BCUT2D eigenvalue weighted by molar-refractivity contribution is 0.0476. The SMILES string of the molecule is CCC(c1ccc(OC)cc1)C(O)(c1ccccc1)c1ccc(N(CCN2CCCCCCC2)S(C)(=O)=O)cc1. The van der Waals surface area contributed by atoms with Gasteiger partial charge in [-0.1, -0.05) is 80.8 Å². The van der Waals surface area contributed by atoms with Crippen molar-refractivity contribution in [3.8, 4) is 5.75 Å². The molecule has 0 radical (unpaired) electrons. The number of ether oxygens (including phenoxy) is 1. The van der Waals surface area contributed by atoms with Crippen molar-refractivity contribution in [1.29, 1.82) is 0 Å². The molecule has 2 atom stereocenters. The summed E-state index contributed by atoms with van der Waals surface area (Å²) in [4.78, 5) is 2.39. The Labute approximate surface area is 240 Å². The van der Waals surface area contributed by atoms with E-state index < -0.39 is 15.6 Å². The largest absolute Gasteiger partial charge is 0.497 e. The summed E-state index contributed by atoms with van der Waals surface area (Å²) < 4.78 is 32.6.